The van der Waals surface area contributed by atoms with E-state index in [1.165, 1.54) is 7.11 Å². The normalized spacial score (nSPS) is 11.7. The van der Waals surface area contributed by atoms with E-state index < -0.39 is 18.0 Å². The van der Waals surface area contributed by atoms with Crippen LogP contribution in [0.15, 0.2) is 24.3 Å². The van der Waals surface area contributed by atoms with E-state index in [1.54, 1.807) is 24.3 Å². The standard InChI is InChI=1S/C12H16N2O4/c1-18-12(17)8-4-2-3-5-10(8)14-7-6-9(13)11(15)16/h2-5,9,14H,6-7,13H2,1H3,(H,15,16). The summed E-state index contributed by atoms with van der Waals surface area (Å²) >= 11 is 0. The molecule has 0 saturated carbocycles. The maximum absolute atomic E-state index is 11.5. The molecule has 0 aliphatic carbocycles. The molecule has 0 fully saturated rings. The van der Waals surface area contributed by atoms with Crippen LogP contribution < -0.4 is 11.1 Å². The number of nitrogens with two attached hydrogens (primary N) is 1. The summed E-state index contributed by atoms with van der Waals surface area (Å²) in [4.78, 5) is 22.0. The first kappa shape index (κ1) is 14.0. The molecule has 0 bridgehead atoms. The topological polar surface area (TPSA) is 102 Å². The molecule has 6 heteroatoms. The molecular formula is C12H16N2O4. The summed E-state index contributed by atoms with van der Waals surface area (Å²) in [6, 6.07) is 5.93. The number of hydrogen-bond acceptors (Lipinski definition) is 5. The van der Waals surface area contributed by atoms with Crippen molar-refractivity contribution in [1.29, 1.82) is 0 Å². The van der Waals surface area contributed by atoms with E-state index in [0.29, 0.717) is 17.8 Å². The number of carboxylic acids is 1. The highest BCUT2D eigenvalue weighted by molar-refractivity contribution is 5.95. The van der Waals surface area contributed by atoms with Crippen LogP contribution in [-0.4, -0.2) is 36.7 Å². The molecule has 1 atom stereocenters. The smallest absolute Gasteiger partial charge is 0.339 e. The molecule has 98 valence electrons. The first-order valence-corrected chi connectivity index (χ1v) is 5.46. The fraction of sp³-hybridized carbons (Fsp3) is 0.333. The molecule has 0 aromatic heterocycles. The summed E-state index contributed by atoms with van der Waals surface area (Å²) in [5.41, 5.74) is 6.38. The second-order valence-corrected chi connectivity index (χ2v) is 3.70. The minimum atomic E-state index is -1.04. The van der Waals surface area contributed by atoms with Gasteiger partial charge in [-0.25, -0.2) is 4.79 Å². The van der Waals surface area contributed by atoms with Crippen LogP contribution in [0.25, 0.3) is 0 Å². The van der Waals surface area contributed by atoms with Gasteiger partial charge >= 0.3 is 11.9 Å². The Morgan fingerprint density at radius 3 is 2.72 bits per heavy atom. The fourth-order valence-corrected chi connectivity index (χ4v) is 1.41. The van der Waals surface area contributed by atoms with Crippen molar-refractivity contribution in [2.45, 2.75) is 12.5 Å². The van der Waals surface area contributed by atoms with E-state index in [4.69, 9.17) is 10.8 Å². The van der Waals surface area contributed by atoms with Crippen LogP contribution in [0, 0.1) is 0 Å². The lowest BCUT2D eigenvalue weighted by molar-refractivity contribution is -0.138. The second-order valence-electron chi connectivity index (χ2n) is 3.70. The van der Waals surface area contributed by atoms with Crippen molar-refractivity contribution in [2.75, 3.05) is 19.0 Å². The molecule has 1 aromatic carbocycles. The number of carboxylic acid groups (broad SMARTS) is 1. The van der Waals surface area contributed by atoms with Crippen LogP contribution in [-0.2, 0) is 9.53 Å². The molecule has 4 N–H and O–H groups in total. The number of benzene rings is 1. The van der Waals surface area contributed by atoms with Crippen LogP contribution in [0.2, 0.25) is 0 Å². The van der Waals surface area contributed by atoms with Crippen molar-refractivity contribution in [3.8, 4) is 0 Å². The van der Waals surface area contributed by atoms with Gasteiger partial charge in [-0.1, -0.05) is 12.1 Å². The van der Waals surface area contributed by atoms with Gasteiger partial charge in [-0.15, -0.1) is 0 Å². The van der Waals surface area contributed by atoms with Gasteiger partial charge < -0.3 is 20.9 Å². The third-order valence-electron chi connectivity index (χ3n) is 2.42. The maximum atomic E-state index is 11.5. The van der Waals surface area contributed by atoms with Gasteiger partial charge in [0.15, 0.2) is 0 Å². The van der Waals surface area contributed by atoms with Gasteiger partial charge in [-0.2, -0.15) is 0 Å². The lowest BCUT2D eigenvalue weighted by atomic mass is 10.1. The summed E-state index contributed by atoms with van der Waals surface area (Å²) in [6.45, 7) is 0.363. The molecule has 6 nitrogen and oxygen atoms in total. The molecule has 0 amide bonds. The number of hydrogen-bond donors (Lipinski definition) is 3. The molecule has 0 saturated heterocycles. The highest BCUT2D eigenvalue weighted by Gasteiger charge is 2.13. The summed E-state index contributed by atoms with van der Waals surface area (Å²) in [5.74, 6) is -1.49. The van der Waals surface area contributed by atoms with E-state index in [9.17, 15) is 9.59 Å². The molecule has 0 aliphatic heterocycles. The van der Waals surface area contributed by atoms with E-state index in [2.05, 4.69) is 10.1 Å². The Kier molecular flexibility index (Phi) is 5.13. The zero-order valence-corrected chi connectivity index (χ0v) is 10.1. The molecule has 0 heterocycles. The first-order valence-electron chi connectivity index (χ1n) is 5.46. The van der Waals surface area contributed by atoms with Crippen molar-refractivity contribution in [1.82, 2.24) is 0 Å². The molecule has 1 unspecified atom stereocenters. The Balaban J connectivity index is 2.62. The number of rotatable bonds is 6. The number of ether oxygens (including phenoxy) is 1. The Bertz CT molecular complexity index is 434. The number of esters is 1. The van der Waals surface area contributed by atoms with Crippen LogP contribution in [0.4, 0.5) is 5.69 Å². The Hall–Kier alpha value is -2.08. The van der Waals surface area contributed by atoms with E-state index in [1.807, 2.05) is 0 Å². The second kappa shape index (κ2) is 6.61. The summed E-state index contributed by atoms with van der Waals surface area (Å²) in [7, 11) is 1.31. The number of para-hydroxylation sites is 1. The van der Waals surface area contributed by atoms with Crippen molar-refractivity contribution in [3.05, 3.63) is 29.8 Å². The third-order valence-corrected chi connectivity index (χ3v) is 2.42. The van der Waals surface area contributed by atoms with E-state index in [0.717, 1.165) is 0 Å². The van der Waals surface area contributed by atoms with Gasteiger partial charge in [0.1, 0.15) is 6.04 Å². The SMILES string of the molecule is COC(=O)c1ccccc1NCCC(N)C(=O)O. The lowest BCUT2D eigenvalue weighted by Gasteiger charge is -2.11. The van der Waals surface area contributed by atoms with Crippen molar-refractivity contribution in [2.24, 2.45) is 5.73 Å². The minimum Gasteiger partial charge on any atom is -0.480 e. The van der Waals surface area contributed by atoms with Gasteiger partial charge in [0, 0.05) is 12.2 Å². The summed E-state index contributed by atoms with van der Waals surface area (Å²) in [5, 5.41) is 11.6. The molecule has 0 aliphatic rings. The van der Waals surface area contributed by atoms with Crippen molar-refractivity contribution >= 4 is 17.6 Å². The highest BCUT2D eigenvalue weighted by Crippen LogP contribution is 2.15. The predicted molar refractivity (Wildman–Crippen MR) is 66.5 cm³/mol. The van der Waals surface area contributed by atoms with Gasteiger partial charge in [-0.3, -0.25) is 4.79 Å². The van der Waals surface area contributed by atoms with Crippen LogP contribution >= 0.6 is 0 Å². The van der Waals surface area contributed by atoms with Gasteiger partial charge in [0.05, 0.1) is 12.7 Å². The van der Waals surface area contributed by atoms with Crippen LogP contribution in [0.3, 0.4) is 0 Å². The van der Waals surface area contributed by atoms with Gasteiger partial charge in [0.2, 0.25) is 0 Å². The first-order chi connectivity index (χ1) is 8.56. The lowest BCUT2D eigenvalue weighted by Crippen LogP contribution is -2.32. The van der Waals surface area contributed by atoms with Crippen molar-refractivity contribution in [3.63, 3.8) is 0 Å². The van der Waals surface area contributed by atoms with Gasteiger partial charge in [-0.05, 0) is 18.6 Å². The average Bonchev–Trinajstić information content (AvgIpc) is 2.38. The molecule has 0 radical (unpaired) electrons. The largest absolute Gasteiger partial charge is 0.480 e. The maximum Gasteiger partial charge on any atom is 0.339 e. The number of carbonyl (C=O) groups is 2. The summed E-state index contributed by atoms with van der Waals surface area (Å²) in [6.07, 6.45) is 0.269. The molecule has 1 aromatic rings. The van der Waals surface area contributed by atoms with Crippen LogP contribution in [0.5, 0.6) is 0 Å². The number of aliphatic carboxylic acids is 1. The Morgan fingerprint density at radius 2 is 2.11 bits per heavy atom. The highest BCUT2D eigenvalue weighted by atomic mass is 16.5. The van der Waals surface area contributed by atoms with Crippen LogP contribution in [0.1, 0.15) is 16.8 Å². The monoisotopic (exact) mass is 252 g/mol. The number of nitrogens with one attached hydrogen (secondary N) is 1. The number of methoxy groups -OCH3 is 1. The molecule has 18 heavy (non-hydrogen) atoms. The Morgan fingerprint density at radius 1 is 1.44 bits per heavy atom. The van der Waals surface area contributed by atoms with Gasteiger partial charge in [0.25, 0.3) is 0 Å². The zero-order valence-electron chi connectivity index (χ0n) is 10.1. The average molecular weight is 252 g/mol. The zero-order chi connectivity index (χ0) is 13.5. The molecule has 1 rings (SSSR count). The quantitative estimate of drug-likeness (QED) is 0.644. The molecule has 0 spiro atoms. The predicted octanol–water partition coefficient (Wildman–Crippen LogP) is 0.687. The Labute approximate surface area is 105 Å². The number of carbonyl (C=O) groups excluding carboxylic acids is 1. The fourth-order valence-electron chi connectivity index (χ4n) is 1.41. The van der Waals surface area contributed by atoms with E-state index in [-0.39, 0.29) is 6.42 Å². The molecular weight excluding hydrogens is 236 g/mol. The minimum absolute atomic E-state index is 0.269. The van der Waals surface area contributed by atoms with Crippen molar-refractivity contribution < 1.29 is 19.4 Å². The van der Waals surface area contributed by atoms with E-state index >= 15 is 0 Å². The summed E-state index contributed by atoms with van der Waals surface area (Å²) < 4.78 is 4.64. The number of anilines is 1. The third kappa shape index (κ3) is 3.74.